The van der Waals surface area contributed by atoms with Gasteiger partial charge < -0.3 is 15.8 Å². The van der Waals surface area contributed by atoms with Gasteiger partial charge in [0.05, 0.1) is 11.1 Å². The molecule has 0 aliphatic carbocycles. The second-order valence-electron chi connectivity index (χ2n) is 7.06. The van der Waals surface area contributed by atoms with Crippen molar-refractivity contribution in [3.63, 3.8) is 0 Å². The van der Waals surface area contributed by atoms with Crippen LogP contribution < -0.4 is 11.1 Å². The van der Waals surface area contributed by atoms with E-state index in [4.69, 9.17) is 10.5 Å². The lowest BCUT2D eigenvalue weighted by Gasteiger charge is -2.13. The first-order chi connectivity index (χ1) is 14.8. The first-order valence-corrected chi connectivity index (χ1v) is 9.58. The average Bonchev–Trinajstić information content (AvgIpc) is 2.97. The largest absolute Gasteiger partial charge is 0.456 e. The molecule has 160 valence electrons. The number of hydrogen-bond acceptors (Lipinski definition) is 6. The molecule has 0 aromatic heterocycles. The number of fused-ring (bicyclic) bond motifs is 1. The highest BCUT2D eigenvalue weighted by atomic mass is 16.5. The summed E-state index contributed by atoms with van der Waals surface area (Å²) in [7, 11) is 0. The van der Waals surface area contributed by atoms with Gasteiger partial charge in [0, 0.05) is 24.2 Å². The molecular weight excluding hydrogens is 402 g/mol. The summed E-state index contributed by atoms with van der Waals surface area (Å²) in [6, 6.07) is 11.0. The number of nitrogens with two attached hydrogens (primary N) is 1. The summed E-state index contributed by atoms with van der Waals surface area (Å²) in [5.41, 5.74) is 7.48. The lowest BCUT2D eigenvalue weighted by atomic mass is 10.1. The summed E-state index contributed by atoms with van der Waals surface area (Å²) < 4.78 is 4.92. The molecule has 2 aromatic rings. The van der Waals surface area contributed by atoms with Gasteiger partial charge in [-0.15, -0.1) is 0 Å². The number of amides is 4. The van der Waals surface area contributed by atoms with Gasteiger partial charge in [0.2, 0.25) is 5.91 Å². The van der Waals surface area contributed by atoms with E-state index < -0.39 is 24.4 Å². The Morgan fingerprint density at radius 3 is 2.35 bits per heavy atom. The summed E-state index contributed by atoms with van der Waals surface area (Å²) in [5, 5.41) is 2.52. The van der Waals surface area contributed by atoms with Gasteiger partial charge in [0.25, 0.3) is 17.7 Å². The first kappa shape index (κ1) is 21.7. The van der Waals surface area contributed by atoms with Crippen molar-refractivity contribution >= 4 is 35.3 Å². The van der Waals surface area contributed by atoms with Gasteiger partial charge in [-0.2, -0.15) is 0 Å². The normalized spacial score (nSPS) is 12.5. The zero-order valence-corrected chi connectivity index (χ0v) is 16.8. The highest BCUT2D eigenvalue weighted by molar-refractivity contribution is 6.21. The van der Waals surface area contributed by atoms with Gasteiger partial charge in [-0.1, -0.05) is 11.6 Å². The number of carbonyl (C=O) groups is 5. The smallest absolute Gasteiger partial charge is 0.306 e. The molecule has 1 aliphatic rings. The molecule has 0 saturated carbocycles. The van der Waals surface area contributed by atoms with E-state index in [2.05, 4.69) is 5.32 Å². The lowest BCUT2D eigenvalue weighted by Crippen LogP contribution is -2.31. The second-order valence-corrected chi connectivity index (χ2v) is 7.06. The average molecular weight is 423 g/mol. The monoisotopic (exact) mass is 423 g/mol. The van der Waals surface area contributed by atoms with Gasteiger partial charge in [-0.05, 0) is 49.7 Å². The fourth-order valence-electron chi connectivity index (χ4n) is 3.12. The fraction of sp³-hybridized carbons (Fsp3) is 0.227. The van der Waals surface area contributed by atoms with Gasteiger partial charge in [-0.3, -0.25) is 28.9 Å². The summed E-state index contributed by atoms with van der Waals surface area (Å²) in [4.78, 5) is 60.6. The zero-order chi connectivity index (χ0) is 22.5. The number of primary amides is 1. The Hall–Kier alpha value is -4.01. The van der Waals surface area contributed by atoms with Crippen molar-refractivity contribution in [2.45, 2.75) is 19.8 Å². The maximum Gasteiger partial charge on any atom is 0.306 e. The number of nitrogens with zero attached hydrogens (tertiary/aromatic N) is 1. The number of nitrogens with one attached hydrogen (secondary N) is 1. The molecule has 3 rings (SSSR count). The molecule has 0 radical (unpaired) electrons. The van der Waals surface area contributed by atoms with E-state index in [0.717, 1.165) is 10.5 Å². The van der Waals surface area contributed by atoms with E-state index in [1.165, 1.54) is 24.3 Å². The fourth-order valence-corrected chi connectivity index (χ4v) is 3.12. The van der Waals surface area contributed by atoms with E-state index >= 15 is 0 Å². The third-order valence-corrected chi connectivity index (χ3v) is 4.71. The number of rotatable bonds is 8. The number of imide groups is 1. The van der Waals surface area contributed by atoms with Crippen molar-refractivity contribution < 1.29 is 28.7 Å². The number of benzene rings is 2. The maximum absolute atomic E-state index is 12.4. The molecule has 0 saturated heterocycles. The van der Waals surface area contributed by atoms with E-state index in [-0.39, 0.29) is 31.2 Å². The van der Waals surface area contributed by atoms with Gasteiger partial charge in [0.1, 0.15) is 0 Å². The minimum Gasteiger partial charge on any atom is -0.456 e. The van der Waals surface area contributed by atoms with Crippen LogP contribution in [0.25, 0.3) is 0 Å². The Morgan fingerprint density at radius 2 is 1.68 bits per heavy atom. The molecule has 9 nitrogen and oxygen atoms in total. The molecule has 2 aromatic carbocycles. The Balaban J connectivity index is 1.40. The molecule has 0 spiro atoms. The molecule has 31 heavy (non-hydrogen) atoms. The standard InChI is InChI=1S/C22H21N3O6/c1-13-4-9-16-17(11-13)22(30)25(21(16)29)10-2-3-19(27)31-12-18(26)24-15-7-5-14(6-8-15)20(23)28/h4-9,11H,2-3,10,12H2,1H3,(H2,23,28)(H,24,26). The van der Waals surface area contributed by atoms with Crippen LogP contribution in [0.3, 0.4) is 0 Å². The first-order valence-electron chi connectivity index (χ1n) is 9.58. The van der Waals surface area contributed by atoms with Crippen molar-refractivity contribution in [3.8, 4) is 0 Å². The predicted octanol–water partition coefficient (Wildman–Crippen LogP) is 1.65. The number of esters is 1. The molecule has 1 aliphatic heterocycles. The predicted molar refractivity (Wildman–Crippen MR) is 110 cm³/mol. The van der Waals surface area contributed by atoms with Crippen LogP contribution in [0.4, 0.5) is 5.69 Å². The van der Waals surface area contributed by atoms with Crippen LogP contribution in [-0.4, -0.2) is 47.6 Å². The van der Waals surface area contributed by atoms with Crippen LogP contribution in [0.2, 0.25) is 0 Å². The molecule has 0 atom stereocenters. The minimum absolute atomic E-state index is 0.0486. The van der Waals surface area contributed by atoms with Crippen LogP contribution in [0.5, 0.6) is 0 Å². The molecule has 0 bridgehead atoms. The molecule has 9 heteroatoms. The van der Waals surface area contributed by atoms with Crippen LogP contribution in [0, 0.1) is 6.92 Å². The van der Waals surface area contributed by atoms with E-state index in [1.807, 2.05) is 6.92 Å². The number of carbonyl (C=O) groups excluding carboxylic acids is 5. The number of ether oxygens (including phenoxy) is 1. The van der Waals surface area contributed by atoms with Crippen LogP contribution >= 0.6 is 0 Å². The summed E-state index contributed by atoms with van der Waals surface area (Å²) in [5.74, 6) is -2.50. The molecule has 1 heterocycles. The third-order valence-electron chi connectivity index (χ3n) is 4.71. The molecular formula is C22H21N3O6. The highest BCUT2D eigenvalue weighted by Gasteiger charge is 2.35. The maximum atomic E-state index is 12.4. The number of hydrogen-bond donors (Lipinski definition) is 2. The molecule has 0 fully saturated rings. The topological polar surface area (TPSA) is 136 Å². The van der Waals surface area contributed by atoms with Crippen molar-refractivity contribution in [1.29, 1.82) is 0 Å². The van der Waals surface area contributed by atoms with E-state index in [0.29, 0.717) is 22.4 Å². The van der Waals surface area contributed by atoms with Crippen LogP contribution in [-0.2, 0) is 14.3 Å². The summed E-state index contributed by atoms with van der Waals surface area (Å²) >= 11 is 0. The van der Waals surface area contributed by atoms with Crippen molar-refractivity contribution in [1.82, 2.24) is 4.90 Å². The second kappa shape index (κ2) is 9.21. The lowest BCUT2D eigenvalue weighted by molar-refractivity contribution is -0.147. The van der Waals surface area contributed by atoms with Gasteiger partial charge in [-0.25, -0.2) is 0 Å². The van der Waals surface area contributed by atoms with Crippen LogP contribution in [0.15, 0.2) is 42.5 Å². The van der Waals surface area contributed by atoms with E-state index in [1.54, 1.807) is 18.2 Å². The Labute approximate surface area is 178 Å². The minimum atomic E-state index is -0.619. The van der Waals surface area contributed by atoms with Crippen LogP contribution in [0.1, 0.15) is 49.5 Å². The van der Waals surface area contributed by atoms with Gasteiger partial charge in [0.15, 0.2) is 6.61 Å². The summed E-state index contributed by atoms with van der Waals surface area (Å²) in [6.45, 7) is 1.44. The Morgan fingerprint density at radius 1 is 1.00 bits per heavy atom. The zero-order valence-electron chi connectivity index (χ0n) is 16.8. The van der Waals surface area contributed by atoms with Crippen molar-refractivity contribution in [3.05, 3.63) is 64.7 Å². The highest BCUT2D eigenvalue weighted by Crippen LogP contribution is 2.24. The summed E-state index contributed by atoms with van der Waals surface area (Å²) in [6.07, 6.45) is 0.173. The SMILES string of the molecule is Cc1ccc2c(c1)C(=O)N(CCCC(=O)OCC(=O)Nc1ccc(C(N)=O)cc1)C2=O. The number of aryl methyl sites for hydroxylation is 1. The Bertz CT molecular complexity index is 1060. The molecule has 3 N–H and O–H groups in total. The third kappa shape index (κ3) is 5.13. The molecule has 4 amide bonds. The van der Waals surface area contributed by atoms with Crippen molar-refractivity contribution in [2.24, 2.45) is 5.73 Å². The number of anilines is 1. The van der Waals surface area contributed by atoms with Crippen molar-refractivity contribution in [2.75, 3.05) is 18.5 Å². The quantitative estimate of drug-likeness (QED) is 0.489. The Kier molecular flexibility index (Phi) is 6.44. The molecule has 0 unspecified atom stereocenters. The van der Waals surface area contributed by atoms with Gasteiger partial charge >= 0.3 is 5.97 Å². The van der Waals surface area contributed by atoms with E-state index in [9.17, 15) is 24.0 Å².